The first kappa shape index (κ1) is 10.5. The van der Waals surface area contributed by atoms with Crippen LogP contribution in [0.5, 0.6) is 0 Å². The zero-order valence-corrected chi connectivity index (χ0v) is 9.50. The molecular formula is C13H24O. The summed E-state index contributed by atoms with van der Waals surface area (Å²) in [6.45, 7) is 3.26. The lowest BCUT2D eigenvalue weighted by atomic mass is 9.87. The highest BCUT2D eigenvalue weighted by Crippen LogP contribution is 2.34. The summed E-state index contributed by atoms with van der Waals surface area (Å²) in [4.78, 5) is 0. The third-order valence-corrected chi connectivity index (χ3v) is 3.92. The summed E-state index contributed by atoms with van der Waals surface area (Å²) in [5.74, 6) is 1.89. The van der Waals surface area contributed by atoms with Gasteiger partial charge in [-0.1, -0.05) is 32.1 Å². The van der Waals surface area contributed by atoms with E-state index in [1.165, 1.54) is 51.4 Å². The minimum Gasteiger partial charge on any atom is -0.378 e. The lowest BCUT2D eigenvalue weighted by molar-refractivity contribution is 0.0398. The van der Waals surface area contributed by atoms with Crippen LogP contribution in [0.4, 0.5) is 0 Å². The van der Waals surface area contributed by atoms with Crippen molar-refractivity contribution >= 4 is 0 Å². The Hall–Kier alpha value is -0.0400. The Labute approximate surface area is 88.2 Å². The van der Waals surface area contributed by atoms with Gasteiger partial charge in [0.1, 0.15) is 0 Å². The van der Waals surface area contributed by atoms with Crippen LogP contribution >= 0.6 is 0 Å². The summed E-state index contributed by atoms with van der Waals surface area (Å²) in [6.07, 6.45) is 12.0. The highest BCUT2D eigenvalue weighted by Gasteiger charge is 2.28. The van der Waals surface area contributed by atoms with Gasteiger partial charge in [-0.05, 0) is 38.0 Å². The number of rotatable bonds is 5. The summed E-state index contributed by atoms with van der Waals surface area (Å²) >= 11 is 0. The van der Waals surface area contributed by atoms with E-state index in [4.69, 9.17) is 4.74 Å². The predicted octanol–water partition coefficient (Wildman–Crippen LogP) is 3.77. The van der Waals surface area contributed by atoms with E-state index in [-0.39, 0.29) is 0 Å². The van der Waals surface area contributed by atoms with Crippen LogP contribution < -0.4 is 0 Å². The molecule has 0 spiro atoms. The minimum atomic E-state index is 0.540. The van der Waals surface area contributed by atoms with Crippen molar-refractivity contribution < 1.29 is 4.74 Å². The van der Waals surface area contributed by atoms with Crippen LogP contribution in [0, 0.1) is 11.8 Å². The third kappa shape index (κ3) is 3.27. The maximum absolute atomic E-state index is 5.87. The molecular weight excluding hydrogens is 172 g/mol. The van der Waals surface area contributed by atoms with Crippen LogP contribution in [0.15, 0.2) is 0 Å². The van der Waals surface area contributed by atoms with Crippen LogP contribution in [0.1, 0.15) is 58.3 Å². The second-order valence-electron chi connectivity index (χ2n) is 5.21. The molecule has 82 valence electrons. The summed E-state index contributed by atoms with van der Waals surface area (Å²) in [6, 6.07) is 0. The van der Waals surface area contributed by atoms with Crippen molar-refractivity contribution in [3.05, 3.63) is 0 Å². The van der Waals surface area contributed by atoms with Gasteiger partial charge in [0.2, 0.25) is 0 Å². The first-order valence-corrected chi connectivity index (χ1v) is 6.48. The second-order valence-corrected chi connectivity index (χ2v) is 5.21. The molecule has 0 radical (unpaired) electrons. The van der Waals surface area contributed by atoms with E-state index in [0.29, 0.717) is 6.10 Å². The topological polar surface area (TPSA) is 9.23 Å². The molecule has 2 saturated carbocycles. The molecule has 0 aromatic carbocycles. The van der Waals surface area contributed by atoms with Crippen molar-refractivity contribution in [2.24, 2.45) is 11.8 Å². The molecule has 0 aliphatic heterocycles. The van der Waals surface area contributed by atoms with Crippen molar-refractivity contribution in [2.45, 2.75) is 64.4 Å². The molecule has 0 N–H and O–H groups in total. The monoisotopic (exact) mass is 196 g/mol. The van der Waals surface area contributed by atoms with Crippen molar-refractivity contribution in [3.8, 4) is 0 Å². The molecule has 2 fully saturated rings. The van der Waals surface area contributed by atoms with E-state index in [1.54, 1.807) is 0 Å². The van der Waals surface area contributed by atoms with Gasteiger partial charge in [0.05, 0.1) is 6.10 Å². The molecule has 14 heavy (non-hydrogen) atoms. The molecule has 2 aliphatic rings. The van der Waals surface area contributed by atoms with Gasteiger partial charge < -0.3 is 4.74 Å². The molecule has 1 nitrogen and oxygen atoms in total. The number of hydrogen-bond acceptors (Lipinski definition) is 1. The van der Waals surface area contributed by atoms with Crippen LogP contribution in [0.2, 0.25) is 0 Å². The van der Waals surface area contributed by atoms with Crippen LogP contribution in [-0.4, -0.2) is 12.7 Å². The van der Waals surface area contributed by atoms with Crippen LogP contribution in [-0.2, 0) is 4.74 Å². The van der Waals surface area contributed by atoms with Gasteiger partial charge >= 0.3 is 0 Å². The number of ether oxygens (including phenoxy) is 1. The normalized spacial score (nSPS) is 26.4. The molecule has 0 aromatic rings. The van der Waals surface area contributed by atoms with Gasteiger partial charge in [0.25, 0.3) is 0 Å². The van der Waals surface area contributed by atoms with Gasteiger partial charge in [-0.2, -0.15) is 0 Å². The standard InChI is InChI=1S/C13H24O/c1-11(13-7-8-13)14-10-9-12-5-3-2-4-6-12/h11-13H,2-10H2,1H3. The fraction of sp³-hybridized carbons (Fsp3) is 1.00. The van der Waals surface area contributed by atoms with Gasteiger partial charge in [-0.25, -0.2) is 0 Å². The Bertz CT molecular complexity index is 157. The molecule has 1 unspecified atom stereocenters. The Morgan fingerprint density at radius 2 is 1.79 bits per heavy atom. The van der Waals surface area contributed by atoms with E-state index in [1.807, 2.05) is 0 Å². The maximum Gasteiger partial charge on any atom is 0.0575 e. The summed E-state index contributed by atoms with van der Waals surface area (Å²) in [7, 11) is 0. The predicted molar refractivity (Wildman–Crippen MR) is 59.3 cm³/mol. The van der Waals surface area contributed by atoms with Crippen molar-refractivity contribution in [1.29, 1.82) is 0 Å². The van der Waals surface area contributed by atoms with Gasteiger partial charge in [-0.15, -0.1) is 0 Å². The first-order chi connectivity index (χ1) is 6.86. The van der Waals surface area contributed by atoms with E-state index < -0.39 is 0 Å². The fourth-order valence-corrected chi connectivity index (χ4v) is 2.60. The largest absolute Gasteiger partial charge is 0.378 e. The van der Waals surface area contributed by atoms with E-state index in [9.17, 15) is 0 Å². The highest BCUT2D eigenvalue weighted by atomic mass is 16.5. The van der Waals surface area contributed by atoms with E-state index in [2.05, 4.69) is 6.92 Å². The molecule has 0 saturated heterocycles. The Morgan fingerprint density at radius 3 is 2.43 bits per heavy atom. The first-order valence-electron chi connectivity index (χ1n) is 6.48. The van der Waals surface area contributed by atoms with Crippen molar-refractivity contribution in [1.82, 2.24) is 0 Å². The van der Waals surface area contributed by atoms with Gasteiger partial charge in [-0.3, -0.25) is 0 Å². The van der Waals surface area contributed by atoms with Crippen LogP contribution in [0.3, 0.4) is 0 Å². The van der Waals surface area contributed by atoms with Gasteiger partial charge in [0.15, 0.2) is 0 Å². The molecule has 2 rings (SSSR count). The van der Waals surface area contributed by atoms with Crippen molar-refractivity contribution in [2.75, 3.05) is 6.61 Å². The Balaban J connectivity index is 1.52. The lowest BCUT2D eigenvalue weighted by Gasteiger charge is -2.22. The average molecular weight is 196 g/mol. The highest BCUT2D eigenvalue weighted by molar-refractivity contribution is 4.79. The zero-order chi connectivity index (χ0) is 9.80. The van der Waals surface area contributed by atoms with E-state index >= 15 is 0 Å². The molecule has 1 atom stereocenters. The Morgan fingerprint density at radius 1 is 1.07 bits per heavy atom. The molecule has 0 amide bonds. The van der Waals surface area contributed by atoms with Crippen molar-refractivity contribution in [3.63, 3.8) is 0 Å². The average Bonchev–Trinajstić information content (AvgIpc) is 3.02. The quantitative estimate of drug-likeness (QED) is 0.650. The molecule has 0 heterocycles. The molecule has 0 aromatic heterocycles. The second kappa shape index (κ2) is 5.16. The summed E-state index contributed by atoms with van der Waals surface area (Å²) < 4.78 is 5.87. The smallest absolute Gasteiger partial charge is 0.0575 e. The lowest BCUT2D eigenvalue weighted by Crippen LogP contribution is -2.15. The Kier molecular flexibility index (Phi) is 3.86. The third-order valence-electron chi connectivity index (χ3n) is 3.92. The maximum atomic E-state index is 5.87. The zero-order valence-electron chi connectivity index (χ0n) is 9.50. The molecule has 0 bridgehead atoms. The fourth-order valence-electron chi connectivity index (χ4n) is 2.60. The minimum absolute atomic E-state index is 0.540. The summed E-state index contributed by atoms with van der Waals surface area (Å²) in [5, 5.41) is 0. The van der Waals surface area contributed by atoms with E-state index in [0.717, 1.165) is 18.4 Å². The SMILES string of the molecule is CC(OCCC1CCCCC1)C1CC1. The number of hydrogen-bond donors (Lipinski definition) is 0. The van der Waals surface area contributed by atoms with Crippen LogP contribution in [0.25, 0.3) is 0 Å². The summed E-state index contributed by atoms with van der Waals surface area (Å²) in [5.41, 5.74) is 0. The van der Waals surface area contributed by atoms with Gasteiger partial charge in [0, 0.05) is 6.61 Å². The molecule has 2 aliphatic carbocycles. The molecule has 1 heteroatoms.